The van der Waals surface area contributed by atoms with Crippen LogP contribution in [0.25, 0.3) is 0 Å². The molecule has 1 aliphatic carbocycles. The SMILES string of the molecule is CCCNC(C)CCSC1CCCC1. The Labute approximate surface area is 93.4 Å². The molecule has 2 heteroatoms. The summed E-state index contributed by atoms with van der Waals surface area (Å²) in [5.41, 5.74) is 0. The zero-order valence-corrected chi connectivity index (χ0v) is 10.5. The lowest BCUT2D eigenvalue weighted by Gasteiger charge is -2.14. The Morgan fingerprint density at radius 2 is 2.07 bits per heavy atom. The highest BCUT2D eigenvalue weighted by molar-refractivity contribution is 7.99. The van der Waals surface area contributed by atoms with Gasteiger partial charge in [0.25, 0.3) is 0 Å². The van der Waals surface area contributed by atoms with Crippen molar-refractivity contribution in [3.8, 4) is 0 Å². The number of hydrogen-bond acceptors (Lipinski definition) is 2. The van der Waals surface area contributed by atoms with Crippen molar-refractivity contribution in [1.82, 2.24) is 5.32 Å². The zero-order chi connectivity index (χ0) is 10.2. The maximum atomic E-state index is 3.54. The summed E-state index contributed by atoms with van der Waals surface area (Å²) < 4.78 is 0. The molecule has 1 atom stereocenters. The second-order valence-electron chi connectivity index (χ2n) is 4.42. The molecule has 0 aromatic rings. The second-order valence-corrected chi connectivity index (χ2v) is 5.83. The first-order valence-electron chi connectivity index (χ1n) is 6.18. The minimum absolute atomic E-state index is 0.712. The molecule has 0 bridgehead atoms. The van der Waals surface area contributed by atoms with Gasteiger partial charge in [-0.25, -0.2) is 0 Å². The van der Waals surface area contributed by atoms with E-state index in [-0.39, 0.29) is 0 Å². The van der Waals surface area contributed by atoms with Crippen molar-refractivity contribution in [2.45, 2.75) is 63.7 Å². The van der Waals surface area contributed by atoms with Gasteiger partial charge in [0, 0.05) is 11.3 Å². The van der Waals surface area contributed by atoms with Crippen LogP contribution in [0.3, 0.4) is 0 Å². The number of hydrogen-bond donors (Lipinski definition) is 1. The fourth-order valence-electron chi connectivity index (χ4n) is 1.96. The topological polar surface area (TPSA) is 12.0 Å². The monoisotopic (exact) mass is 215 g/mol. The molecule has 1 nitrogen and oxygen atoms in total. The average molecular weight is 215 g/mol. The first-order valence-corrected chi connectivity index (χ1v) is 7.22. The van der Waals surface area contributed by atoms with Gasteiger partial charge in [0.2, 0.25) is 0 Å². The first-order chi connectivity index (χ1) is 6.83. The molecular formula is C12H25NS. The molecule has 0 amide bonds. The summed E-state index contributed by atoms with van der Waals surface area (Å²) in [6.07, 6.45) is 8.48. The van der Waals surface area contributed by atoms with Crippen molar-refractivity contribution in [2.75, 3.05) is 12.3 Å². The van der Waals surface area contributed by atoms with E-state index >= 15 is 0 Å². The van der Waals surface area contributed by atoms with E-state index in [0.717, 1.165) is 5.25 Å². The lowest BCUT2D eigenvalue weighted by molar-refractivity contribution is 0.535. The van der Waals surface area contributed by atoms with E-state index in [1.807, 2.05) is 0 Å². The lowest BCUT2D eigenvalue weighted by atomic mass is 10.2. The largest absolute Gasteiger partial charge is 0.314 e. The lowest BCUT2D eigenvalue weighted by Crippen LogP contribution is -2.27. The van der Waals surface area contributed by atoms with E-state index in [0.29, 0.717) is 6.04 Å². The van der Waals surface area contributed by atoms with Gasteiger partial charge >= 0.3 is 0 Å². The van der Waals surface area contributed by atoms with Crippen LogP contribution in [0, 0.1) is 0 Å². The van der Waals surface area contributed by atoms with Crippen LogP contribution in [0.4, 0.5) is 0 Å². The fraction of sp³-hybridized carbons (Fsp3) is 1.00. The summed E-state index contributed by atoms with van der Waals surface area (Å²) in [5, 5.41) is 4.54. The quantitative estimate of drug-likeness (QED) is 0.698. The van der Waals surface area contributed by atoms with Crippen molar-refractivity contribution in [3.63, 3.8) is 0 Å². The third-order valence-corrected chi connectivity index (χ3v) is 4.36. The van der Waals surface area contributed by atoms with Crippen molar-refractivity contribution in [1.29, 1.82) is 0 Å². The average Bonchev–Trinajstić information content (AvgIpc) is 2.67. The molecule has 0 radical (unpaired) electrons. The number of nitrogens with one attached hydrogen (secondary N) is 1. The smallest absolute Gasteiger partial charge is 0.00470 e. The first kappa shape index (κ1) is 12.4. The molecule has 1 aliphatic rings. The van der Waals surface area contributed by atoms with E-state index in [9.17, 15) is 0 Å². The van der Waals surface area contributed by atoms with Gasteiger partial charge in [-0.15, -0.1) is 0 Å². The van der Waals surface area contributed by atoms with Crippen LogP contribution in [0.2, 0.25) is 0 Å². The normalized spacial score (nSPS) is 20.1. The fourth-order valence-corrected chi connectivity index (χ4v) is 3.45. The van der Waals surface area contributed by atoms with Crippen molar-refractivity contribution in [2.24, 2.45) is 0 Å². The Kier molecular flexibility index (Phi) is 6.70. The summed E-state index contributed by atoms with van der Waals surface area (Å²) in [6.45, 7) is 5.72. The number of rotatable bonds is 7. The number of thioether (sulfide) groups is 1. The Morgan fingerprint density at radius 1 is 1.36 bits per heavy atom. The van der Waals surface area contributed by atoms with Gasteiger partial charge in [-0.3, -0.25) is 0 Å². The predicted octanol–water partition coefficient (Wildman–Crippen LogP) is 3.44. The van der Waals surface area contributed by atoms with Crippen LogP contribution in [-0.2, 0) is 0 Å². The van der Waals surface area contributed by atoms with Gasteiger partial charge in [-0.2, -0.15) is 11.8 Å². The third kappa shape index (κ3) is 5.26. The highest BCUT2D eigenvalue weighted by Crippen LogP contribution is 2.29. The molecule has 1 saturated carbocycles. The van der Waals surface area contributed by atoms with E-state index < -0.39 is 0 Å². The maximum Gasteiger partial charge on any atom is 0.00470 e. The standard InChI is InChI=1S/C12H25NS/c1-3-9-13-11(2)8-10-14-12-6-4-5-7-12/h11-13H,3-10H2,1-2H3. The van der Waals surface area contributed by atoms with Gasteiger partial charge in [0.1, 0.15) is 0 Å². The second kappa shape index (κ2) is 7.58. The predicted molar refractivity (Wildman–Crippen MR) is 67.1 cm³/mol. The molecule has 1 unspecified atom stereocenters. The van der Waals surface area contributed by atoms with Crippen LogP contribution >= 0.6 is 11.8 Å². The molecule has 84 valence electrons. The highest BCUT2D eigenvalue weighted by atomic mass is 32.2. The van der Waals surface area contributed by atoms with Gasteiger partial charge in [0.15, 0.2) is 0 Å². The Morgan fingerprint density at radius 3 is 2.71 bits per heavy atom. The van der Waals surface area contributed by atoms with Crippen molar-refractivity contribution >= 4 is 11.8 Å². The van der Waals surface area contributed by atoms with E-state index in [1.54, 1.807) is 0 Å². The Balaban J connectivity index is 1.91. The Bertz CT molecular complexity index is 132. The summed E-state index contributed by atoms with van der Waals surface area (Å²) in [4.78, 5) is 0. The summed E-state index contributed by atoms with van der Waals surface area (Å²) in [5.74, 6) is 1.35. The maximum absolute atomic E-state index is 3.54. The third-order valence-electron chi connectivity index (χ3n) is 2.95. The molecule has 1 rings (SSSR count). The molecule has 0 aromatic carbocycles. The van der Waals surface area contributed by atoms with Crippen LogP contribution in [0.5, 0.6) is 0 Å². The zero-order valence-electron chi connectivity index (χ0n) is 9.72. The van der Waals surface area contributed by atoms with Gasteiger partial charge in [-0.05, 0) is 44.9 Å². The molecule has 0 aliphatic heterocycles. The molecule has 1 N–H and O–H groups in total. The van der Waals surface area contributed by atoms with E-state index in [2.05, 4.69) is 30.9 Å². The van der Waals surface area contributed by atoms with Crippen LogP contribution in [0.15, 0.2) is 0 Å². The van der Waals surface area contributed by atoms with Crippen LogP contribution in [0.1, 0.15) is 52.4 Å². The molecule has 0 heterocycles. The van der Waals surface area contributed by atoms with E-state index in [1.165, 1.54) is 50.8 Å². The molecule has 0 spiro atoms. The van der Waals surface area contributed by atoms with Crippen LogP contribution < -0.4 is 5.32 Å². The van der Waals surface area contributed by atoms with E-state index in [4.69, 9.17) is 0 Å². The highest BCUT2D eigenvalue weighted by Gasteiger charge is 2.14. The van der Waals surface area contributed by atoms with Crippen LogP contribution in [-0.4, -0.2) is 23.6 Å². The molecule has 1 fully saturated rings. The minimum Gasteiger partial charge on any atom is -0.314 e. The molecule has 0 aromatic heterocycles. The molecule has 0 saturated heterocycles. The summed E-state index contributed by atoms with van der Waals surface area (Å²) in [6, 6.07) is 0.712. The minimum atomic E-state index is 0.712. The van der Waals surface area contributed by atoms with Crippen molar-refractivity contribution < 1.29 is 0 Å². The Hall–Kier alpha value is 0.310. The van der Waals surface area contributed by atoms with Gasteiger partial charge in [-0.1, -0.05) is 19.8 Å². The molecular weight excluding hydrogens is 190 g/mol. The van der Waals surface area contributed by atoms with Gasteiger partial charge in [0.05, 0.1) is 0 Å². The summed E-state index contributed by atoms with van der Waals surface area (Å²) >= 11 is 2.21. The van der Waals surface area contributed by atoms with Crippen molar-refractivity contribution in [3.05, 3.63) is 0 Å². The summed E-state index contributed by atoms with van der Waals surface area (Å²) in [7, 11) is 0. The molecule has 14 heavy (non-hydrogen) atoms. The van der Waals surface area contributed by atoms with Gasteiger partial charge < -0.3 is 5.32 Å².